The number of methoxy groups -OCH3 is 1. The molecule has 1 fully saturated rings. The first-order valence-corrected chi connectivity index (χ1v) is 12.5. The van der Waals surface area contributed by atoms with Gasteiger partial charge in [0.25, 0.3) is 0 Å². The van der Waals surface area contributed by atoms with Gasteiger partial charge in [-0.2, -0.15) is 5.10 Å². The number of aryl methyl sites for hydroxylation is 1. The van der Waals surface area contributed by atoms with Crippen LogP contribution >= 0.6 is 0 Å². The lowest BCUT2D eigenvalue weighted by Gasteiger charge is -2.32. The van der Waals surface area contributed by atoms with Crippen LogP contribution in [0.3, 0.4) is 0 Å². The van der Waals surface area contributed by atoms with Crippen molar-refractivity contribution in [3.8, 4) is 22.7 Å². The van der Waals surface area contributed by atoms with E-state index in [1.165, 1.54) is 6.07 Å². The van der Waals surface area contributed by atoms with E-state index in [4.69, 9.17) is 4.74 Å². The third-order valence-electron chi connectivity index (χ3n) is 7.09. The van der Waals surface area contributed by atoms with Crippen molar-refractivity contribution < 1.29 is 9.13 Å². The predicted molar refractivity (Wildman–Crippen MR) is 139 cm³/mol. The second kappa shape index (κ2) is 9.74. The molecule has 1 aliphatic heterocycles. The molecule has 0 radical (unpaired) electrons. The van der Waals surface area contributed by atoms with Crippen molar-refractivity contribution in [2.75, 3.05) is 20.2 Å². The molecule has 2 aromatic carbocycles. The Hall–Kier alpha value is -4.11. The molecule has 6 rings (SSSR count). The van der Waals surface area contributed by atoms with Crippen LogP contribution < -0.4 is 4.74 Å². The molecule has 1 saturated heterocycles. The molecule has 1 atom stereocenters. The van der Waals surface area contributed by atoms with Gasteiger partial charge < -0.3 is 4.74 Å². The topological polar surface area (TPSA) is 84.8 Å². The number of nitrogens with zero attached hydrogens (tertiary/aromatic N) is 6. The summed E-state index contributed by atoms with van der Waals surface area (Å²) in [6.45, 7) is 4.19. The summed E-state index contributed by atoms with van der Waals surface area (Å²) in [6.07, 6.45) is 5.85. The van der Waals surface area contributed by atoms with Gasteiger partial charge in [-0.15, -0.1) is 5.10 Å². The zero-order valence-corrected chi connectivity index (χ0v) is 20.9. The molecule has 0 unspecified atom stereocenters. The second-order valence-electron chi connectivity index (χ2n) is 9.57. The monoisotopic (exact) mass is 497 g/mol. The number of fused-ring (bicyclic) bond motifs is 1. The molecule has 0 aliphatic carbocycles. The number of pyridine rings is 1. The Morgan fingerprint density at radius 1 is 1.16 bits per heavy atom. The molecular weight excluding hydrogens is 469 g/mol. The van der Waals surface area contributed by atoms with Crippen molar-refractivity contribution in [3.05, 3.63) is 83.7 Å². The molecule has 3 aromatic heterocycles. The highest BCUT2D eigenvalue weighted by Crippen LogP contribution is 2.31. The first-order chi connectivity index (χ1) is 18.1. The third-order valence-corrected chi connectivity index (χ3v) is 7.09. The smallest absolute Gasteiger partial charge is 0.131 e. The van der Waals surface area contributed by atoms with Gasteiger partial charge in [-0.25, -0.2) is 9.07 Å². The van der Waals surface area contributed by atoms with Gasteiger partial charge >= 0.3 is 0 Å². The lowest BCUT2D eigenvalue weighted by Crippen LogP contribution is -2.34. The van der Waals surface area contributed by atoms with Crippen molar-refractivity contribution in [2.24, 2.45) is 0 Å². The van der Waals surface area contributed by atoms with Crippen molar-refractivity contribution >= 4 is 10.9 Å². The zero-order valence-electron chi connectivity index (χ0n) is 20.9. The Morgan fingerprint density at radius 3 is 2.95 bits per heavy atom. The summed E-state index contributed by atoms with van der Waals surface area (Å²) in [7, 11) is 1.58. The second-order valence-corrected chi connectivity index (χ2v) is 9.57. The fraction of sp³-hybridized carbons (Fsp3) is 0.286. The van der Waals surface area contributed by atoms with Gasteiger partial charge in [-0.05, 0) is 68.8 Å². The van der Waals surface area contributed by atoms with Gasteiger partial charge in [-0.3, -0.25) is 15.0 Å². The summed E-state index contributed by atoms with van der Waals surface area (Å²) < 4.78 is 21.7. The minimum Gasteiger partial charge on any atom is -0.496 e. The summed E-state index contributed by atoms with van der Waals surface area (Å²) in [5.41, 5.74) is 6.27. The number of rotatable bonds is 6. The highest BCUT2D eigenvalue weighted by molar-refractivity contribution is 5.94. The third kappa shape index (κ3) is 4.58. The summed E-state index contributed by atoms with van der Waals surface area (Å²) in [5.74, 6) is 0.584. The Labute approximate surface area is 214 Å². The molecular formula is C28H28FN7O. The Morgan fingerprint density at radius 2 is 2.08 bits per heavy atom. The summed E-state index contributed by atoms with van der Waals surface area (Å²) in [6, 6.07) is 15.1. The standard InChI is InChI=1S/C28H28FN7O/c1-18-13-19(10-11-30-18)28-22-14-21(8-9-25(22)31-33-28)36-17-26(32-34-36)20-5-4-12-35(15-20)16-23-24(29)6-3-7-27(23)37-2/h3,6-11,13-14,17,20H,4-5,12,15-16H2,1-2H3,(H,31,33)/t20-/m1/s1. The van der Waals surface area contributed by atoms with Crippen LogP contribution in [0.5, 0.6) is 5.75 Å². The largest absolute Gasteiger partial charge is 0.496 e. The molecule has 4 heterocycles. The highest BCUT2D eigenvalue weighted by Gasteiger charge is 2.25. The molecule has 37 heavy (non-hydrogen) atoms. The van der Waals surface area contributed by atoms with Gasteiger partial charge in [0.15, 0.2) is 0 Å². The van der Waals surface area contributed by atoms with E-state index in [0.717, 1.165) is 65.2 Å². The molecule has 0 spiro atoms. The molecule has 0 bridgehead atoms. The molecule has 5 aromatic rings. The van der Waals surface area contributed by atoms with E-state index < -0.39 is 0 Å². The van der Waals surface area contributed by atoms with Crippen LogP contribution in [-0.2, 0) is 6.54 Å². The number of halogens is 1. The molecule has 0 saturated carbocycles. The van der Waals surface area contributed by atoms with Crippen LogP contribution in [0.1, 0.15) is 35.7 Å². The van der Waals surface area contributed by atoms with E-state index in [1.807, 2.05) is 48.1 Å². The van der Waals surface area contributed by atoms with Crippen molar-refractivity contribution in [3.63, 3.8) is 0 Å². The van der Waals surface area contributed by atoms with E-state index in [0.29, 0.717) is 17.9 Å². The highest BCUT2D eigenvalue weighted by atomic mass is 19.1. The lowest BCUT2D eigenvalue weighted by molar-refractivity contribution is 0.194. The number of likely N-dealkylation sites (tertiary alicyclic amines) is 1. The number of piperidine rings is 1. The maximum Gasteiger partial charge on any atom is 0.131 e. The predicted octanol–water partition coefficient (Wildman–Crippen LogP) is 5.04. The molecule has 188 valence electrons. The first kappa shape index (κ1) is 23.3. The fourth-order valence-corrected chi connectivity index (χ4v) is 5.20. The average molecular weight is 498 g/mol. The quantitative estimate of drug-likeness (QED) is 0.354. The van der Waals surface area contributed by atoms with E-state index in [9.17, 15) is 4.39 Å². The Bertz CT molecular complexity index is 1560. The van der Waals surface area contributed by atoms with Crippen LogP contribution in [0.4, 0.5) is 4.39 Å². The van der Waals surface area contributed by atoms with Crippen LogP contribution in [0.15, 0.2) is 60.9 Å². The number of nitrogens with one attached hydrogen (secondary N) is 1. The number of aromatic amines is 1. The Kier molecular flexibility index (Phi) is 6.13. The number of benzene rings is 2. The van der Waals surface area contributed by atoms with E-state index >= 15 is 0 Å². The SMILES string of the molecule is COc1cccc(F)c1CN1CCC[C@@H](c2cn(-c3ccc4[nH]nc(-c5ccnc(C)c5)c4c3)nn2)C1. The van der Waals surface area contributed by atoms with Crippen molar-refractivity contribution in [2.45, 2.75) is 32.2 Å². The number of ether oxygens (including phenoxy) is 1. The number of hydrogen-bond donors (Lipinski definition) is 1. The van der Waals surface area contributed by atoms with Gasteiger partial charge in [0.2, 0.25) is 0 Å². The van der Waals surface area contributed by atoms with Crippen molar-refractivity contribution in [1.29, 1.82) is 0 Å². The molecule has 1 N–H and O–H groups in total. The fourth-order valence-electron chi connectivity index (χ4n) is 5.20. The summed E-state index contributed by atoms with van der Waals surface area (Å²) >= 11 is 0. The summed E-state index contributed by atoms with van der Waals surface area (Å²) in [4.78, 5) is 6.57. The molecule has 8 nitrogen and oxygen atoms in total. The Balaban J connectivity index is 1.23. The number of H-pyrrole nitrogens is 1. The zero-order chi connectivity index (χ0) is 25.4. The molecule has 1 aliphatic rings. The van der Waals surface area contributed by atoms with Gasteiger partial charge in [-0.1, -0.05) is 11.3 Å². The summed E-state index contributed by atoms with van der Waals surface area (Å²) in [5, 5.41) is 17.7. The minimum absolute atomic E-state index is 0.230. The van der Waals surface area contributed by atoms with Crippen LogP contribution in [-0.4, -0.2) is 55.3 Å². The normalized spacial score (nSPS) is 16.4. The average Bonchev–Trinajstić information content (AvgIpc) is 3.57. The van der Waals surface area contributed by atoms with Crippen LogP contribution in [0, 0.1) is 12.7 Å². The maximum atomic E-state index is 14.5. The van der Waals surface area contributed by atoms with Gasteiger partial charge in [0.05, 0.1) is 30.2 Å². The van der Waals surface area contributed by atoms with E-state index in [-0.39, 0.29) is 11.7 Å². The number of aromatic nitrogens is 6. The van der Waals surface area contributed by atoms with Crippen LogP contribution in [0.2, 0.25) is 0 Å². The van der Waals surface area contributed by atoms with Gasteiger partial charge in [0.1, 0.15) is 17.3 Å². The minimum atomic E-state index is -0.233. The first-order valence-electron chi connectivity index (χ1n) is 12.5. The van der Waals surface area contributed by atoms with E-state index in [2.05, 4.69) is 36.5 Å². The van der Waals surface area contributed by atoms with E-state index in [1.54, 1.807) is 19.4 Å². The lowest BCUT2D eigenvalue weighted by atomic mass is 9.95. The number of hydrogen-bond acceptors (Lipinski definition) is 6. The van der Waals surface area contributed by atoms with Gasteiger partial charge in [0, 0.05) is 47.4 Å². The van der Waals surface area contributed by atoms with Crippen LogP contribution in [0.25, 0.3) is 27.8 Å². The van der Waals surface area contributed by atoms with Crippen molar-refractivity contribution in [1.82, 2.24) is 35.1 Å². The molecule has 9 heteroatoms. The molecule has 0 amide bonds. The maximum absolute atomic E-state index is 14.5.